The fourth-order valence-corrected chi connectivity index (χ4v) is 2.91. The van der Waals surface area contributed by atoms with Crippen LogP contribution in [0.4, 0.5) is 4.39 Å². The maximum absolute atomic E-state index is 13.0. The number of hydrogen-bond donors (Lipinski definition) is 1. The number of carbonyl (C=O) groups is 1. The van der Waals surface area contributed by atoms with Gasteiger partial charge < -0.3 is 5.11 Å². The minimum Gasteiger partial charge on any atom is -0.480 e. The molecule has 1 N–H and O–H groups in total. The number of sulfone groups is 1. The molecule has 94 valence electrons. The molecule has 1 atom stereocenters. The highest BCUT2D eigenvalue weighted by molar-refractivity contribution is 9.10. The lowest BCUT2D eigenvalue weighted by molar-refractivity contribution is -0.136. The first-order valence-electron chi connectivity index (χ1n) is 4.62. The molecule has 0 heterocycles. The van der Waals surface area contributed by atoms with Crippen LogP contribution in [0.25, 0.3) is 0 Å². The van der Waals surface area contributed by atoms with E-state index in [9.17, 15) is 17.6 Å². The van der Waals surface area contributed by atoms with E-state index in [2.05, 4.69) is 15.9 Å². The molecule has 0 radical (unpaired) electrons. The molecule has 0 bridgehead atoms. The Balaban J connectivity index is 3.02. The highest BCUT2D eigenvalue weighted by Crippen LogP contribution is 2.18. The largest absolute Gasteiger partial charge is 0.480 e. The fraction of sp³-hybridized carbons (Fsp3) is 0.300. The molecule has 7 heteroatoms. The Morgan fingerprint density at radius 1 is 1.47 bits per heavy atom. The average Bonchev–Trinajstić information content (AvgIpc) is 2.13. The summed E-state index contributed by atoms with van der Waals surface area (Å²) in [7, 11) is -3.83. The second kappa shape index (κ2) is 5.14. The van der Waals surface area contributed by atoms with Gasteiger partial charge in [0.2, 0.25) is 0 Å². The highest BCUT2D eigenvalue weighted by Gasteiger charge is 2.27. The lowest BCUT2D eigenvalue weighted by Gasteiger charge is -2.08. The highest BCUT2D eigenvalue weighted by atomic mass is 79.9. The average molecular weight is 325 g/mol. The summed E-state index contributed by atoms with van der Waals surface area (Å²) in [6, 6.07) is 3.70. The predicted molar refractivity (Wildman–Crippen MR) is 63.8 cm³/mol. The summed E-state index contributed by atoms with van der Waals surface area (Å²) in [5.41, 5.74) is 0.213. The van der Waals surface area contributed by atoms with Crippen LogP contribution in [0.5, 0.6) is 0 Å². The van der Waals surface area contributed by atoms with Crippen molar-refractivity contribution in [3.8, 4) is 0 Å². The zero-order valence-corrected chi connectivity index (χ0v) is 11.3. The van der Waals surface area contributed by atoms with E-state index in [-0.39, 0.29) is 5.56 Å². The van der Waals surface area contributed by atoms with E-state index in [1.807, 2.05) is 0 Å². The number of aliphatic carboxylic acids is 1. The minimum absolute atomic E-state index is 0.213. The molecular weight excluding hydrogens is 315 g/mol. The topological polar surface area (TPSA) is 71.4 Å². The number of hydrogen-bond acceptors (Lipinski definition) is 3. The monoisotopic (exact) mass is 324 g/mol. The van der Waals surface area contributed by atoms with Crippen molar-refractivity contribution in [2.24, 2.45) is 0 Å². The van der Waals surface area contributed by atoms with Crippen molar-refractivity contribution in [3.63, 3.8) is 0 Å². The van der Waals surface area contributed by atoms with E-state index in [0.717, 1.165) is 13.0 Å². The van der Waals surface area contributed by atoms with Crippen LogP contribution in [0.3, 0.4) is 0 Å². The van der Waals surface area contributed by atoms with E-state index in [1.54, 1.807) is 0 Å². The lowest BCUT2D eigenvalue weighted by atomic mass is 10.2. The van der Waals surface area contributed by atoms with Crippen LogP contribution in [-0.2, 0) is 20.4 Å². The molecule has 0 aliphatic heterocycles. The minimum atomic E-state index is -3.83. The first-order valence-corrected chi connectivity index (χ1v) is 7.12. The van der Waals surface area contributed by atoms with Gasteiger partial charge in [-0.25, -0.2) is 12.8 Å². The zero-order chi connectivity index (χ0) is 13.2. The summed E-state index contributed by atoms with van der Waals surface area (Å²) in [4.78, 5) is 10.6. The molecule has 17 heavy (non-hydrogen) atoms. The Bertz CT molecular complexity index is 521. The van der Waals surface area contributed by atoms with Gasteiger partial charge in [0.05, 0.1) is 5.75 Å². The number of benzene rings is 1. The summed E-state index contributed by atoms with van der Waals surface area (Å²) in [5.74, 6) is -2.50. The van der Waals surface area contributed by atoms with Crippen molar-refractivity contribution >= 4 is 31.7 Å². The molecule has 0 aliphatic carbocycles. The van der Waals surface area contributed by atoms with Crippen molar-refractivity contribution in [3.05, 3.63) is 34.1 Å². The Hall–Kier alpha value is -0.950. The van der Waals surface area contributed by atoms with Gasteiger partial charge in [0.15, 0.2) is 15.1 Å². The number of carboxylic acids is 1. The molecule has 0 amide bonds. The molecule has 0 saturated carbocycles. The van der Waals surface area contributed by atoms with Crippen LogP contribution in [0, 0.1) is 5.82 Å². The third-order valence-corrected chi connectivity index (χ3v) is 4.65. The van der Waals surface area contributed by atoms with Gasteiger partial charge in [-0.3, -0.25) is 4.79 Å². The fourth-order valence-electron chi connectivity index (χ4n) is 1.21. The second-order valence-electron chi connectivity index (χ2n) is 3.57. The zero-order valence-electron chi connectivity index (χ0n) is 8.85. The SMILES string of the molecule is CC(C(=O)O)S(=O)(=O)Cc1cc(F)cc(Br)c1. The molecule has 0 aromatic heterocycles. The summed E-state index contributed by atoms with van der Waals surface area (Å²) in [6.45, 7) is 1.09. The summed E-state index contributed by atoms with van der Waals surface area (Å²) >= 11 is 3.04. The van der Waals surface area contributed by atoms with Crippen LogP contribution < -0.4 is 0 Å². The lowest BCUT2D eigenvalue weighted by Crippen LogP contribution is -2.28. The Kier molecular flexibility index (Phi) is 4.26. The van der Waals surface area contributed by atoms with Gasteiger partial charge in [0, 0.05) is 4.47 Å². The van der Waals surface area contributed by atoms with E-state index in [1.165, 1.54) is 12.1 Å². The Labute approximate surface area is 107 Å². The van der Waals surface area contributed by atoms with Gasteiger partial charge in [-0.1, -0.05) is 15.9 Å². The van der Waals surface area contributed by atoms with Gasteiger partial charge >= 0.3 is 5.97 Å². The number of rotatable bonds is 4. The van der Waals surface area contributed by atoms with E-state index in [0.29, 0.717) is 4.47 Å². The first kappa shape index (κ1) is 14.1. The summed E-state index contributed by atoms with van der Waals surface area (Å²) < 4.78 is 36.7. The van der Waals surface area contributed by atoms with E-state index < -0.39 is 32.6 Å². The standard InChI is InChI=1S/C10H10BrFO4S/c1-6(10(13)14)17(15,16)5-7-2-8(11)4-9(12)3-7/h2-4,6H,5H2,1H3,(H,13,14). The molecule has 1 unspecified atom stereocenters. The predicted octanol–water partition coefficient (Wildman–Crippen LogP) is 1.98. The molecule has 4 nitrogen and oxygen atoms in total. The molecule has 1 rings (SSSR count). The van der Waals surface area contributed by atoms with Crippen LogP contribution in [0.1, 0.15) is 12.5 Å². The van der Waals surface area contributed by atoms with Crippen molar-refractivity contribution in [1.82, 2.24) is 0 Å². The molecular formula is C10H10BrFO4S. The van der Waals surface area contributed by atoms with Gasteiger partial charge in [-0.15, -0.1) is 0 Å². The van der Waals surface area contributed by atoms with Crippen LogP contribution >= 0.6 is 15.9 Å². The third-order valence-electron chi connectivity index (χ3n) is 2.18. The van der Waals surface area contributed by atoms with Crippen molar-refractivity contribution < 1.29 is 22.7 Å². The van der Waals surface area contributed by atoms with E-state index >= 15 is 0 Å². The second-order valence-corrected chi connectivity index (χ2v) is 6.80. The van der Waals surface area contributed by atoms with Crippen LogP contribution in [0.15, 0.2) is 22.7 Å². The van der Waals surface area contributed by atoms with Gasteiger partial charge in [-0.2, -0.15) is 0 Å². The summed E-state index contributed by atoms with van der Waals surface area (Å²) in [6.07, 6.45) is 0. The molecule has 1 aromatic rings. The Morgan fingerprint density at radius 3 is 2.53 bits per heavy atom. The van der Waals surface area contributed by atoms with Gasteiger partial charge in [-0.05, 0) is 30.7 Å². The van der Waals surface area contributed by atoms with Gasteiger partial charge in [0.1, 0.15) is 5.82 Å². The van der Waals surface area contributed by atoms with Crippen LogP contribution in [-0.4, -0.2) is 24.7 Å². The molecule has 0 fully saturated rings. The normalized spacial score (nSPS) is 13.4. The maximum atomic E-state index is 13.0. The molecule has 0 saturated heterocycles. The van der Waals surface area contributed by atoms with Crippen molar-refractivity contribution in [1.29, 1.82) is 0 Å². The van der Waals surface area contributed by atoms with Crippen molar-refractivity contribution in [2.75, 3.05) is 0 Å². The van der Waals surface area contributed by atoms with Crippen molar-refractivity contribution in [2.45, 2.75) is 17.9 Å². The number of halogens is 2. The Morgan fingerprint density at radius 2 is 2.06 bits per heavy atom. The summed E-state index contributed by atoms with van der Waals surface area (Å²) in [5, 5.41) is 7.13. The van der Waals surface area contributed by atoms with Crippen LogP contribution in [0.2, 0.25) is 0 Å². The molecule has 1 aromatic carbocycles. The third kappa shape index (κ3) is 3.78. The first-order chi connectivity index (χ1) is 7.72. The van der Waals surface area contributed by atoms with E-state index in [4.69, 9.17) is 5.11 Å². The molecule has 0 spiro atoms. The van der Waals surface area contributed by atoms with Gasteiger partial charge in [0.25, 0.3) is 0 Å². The quantitative estimate of drug-likeness (QED) is 0.919. The smallest absolute Gasteiger partial charge is 0.321 e. The maximum Gasteiger partial charge on any atom is 0.321 e. The number of carboxylic acid groups (broad SMARTS) is 1. The molecule has 0 aliphatic rings.